The molecule has 0 atom stereocenters. The standard InChI is InChI=1S/C8H9NO.C6H8N2O.C6H7N.C5H7NOS.C4H9NO.C3H8OS/c1-7(10)9-8-5-3-2-4-6-8;1-5(9)8-6-3-2-4-7-6;1-6-2-4-7-5-3-6;1-4-3-8-5(6-4)7-2;1-3-5-4(2)6;1-5(2,3)4/h2-6H,1H3,(H,9,10);2,4H,3H2,1H3,(H,7,8,9);2-5H,1H3;3H,1-2H3;3H2,1-2H3,(H,5,6);1H2,2-3H3. The van der Waals surface area contributed by atoms with E-state index in [0.717, 1.165) is 35.4 Å². The summed E-state index contributed by atoms with van der Waals surface area (Å²) in [5.41, 5.74) is 3.12. The van der Waals surface area contributed by atoms with Crippen LogP contribution in [0.2, 0.25) is 0 Å². The number of carbonyl (C=O) groups is 3. The van der Waals surface area contributed by atoms with E-state index in [1.54, 1.807) is 38.2 Å². The molecule has 0 fully saturated rings. The number of para-hydroxylation sites is 1. The molecule has 0 saturated heterocycles. The van der Waals surface area contributed by atoms with Crippen LogP contribution >= 0.6 is 11.3 Å². The number of ether oxygens (including phenoxy) is 1. The molecule has 1 aliphatic heterocycles. The molecule has 4 rings (SSSR count). The molecular weight excluding hydrogens is 613 g/mol. The number of carbonyl (C=O) groups excluding carboxylic acids is 3. The summed E-state index contributed by atoms with van der Waals surface area (Å²) in [4.78, 5) is 42.6. The molecule has 13 heteroatoms. The van der Waals surface area contributed by atoms with Crippen LogP contribution in [0, 0.1) is 13.8 Å². The van der Waals surface area contributed by atoms with E-state index >= 15 is 0 Å². The fraction of sp³-hybridized carbons (Fsp3) is 0.344. The fourth-order valence-electron chi connectivity index (χ4n) is 2.47. The zero-order valence-corrected chi connectivity index (χ0v) is 29.4. The first-order valence-corrected chi connectivity index (χ1v) is 17.2. The van der Waals surface area contributed by atoms with E-state index < -0.39 is 9.52 Å². The summed E-state index contributed by atoms with van der Waals surface area (Å²) in [5, 5.41) is 10.5. The molecule has 45 heavy (non-hydrogen) atoms. The number of hydrogen-bond donors (Lipinski definition) is 3. The van der Waals surface area contributed by atoms with Crippen molar-refractivity contribution in [2.24, 2.45) is 4.99 Å². The number of thiazole rings is 1. The second-order valence-electron chi connectivity index (χ2n) is 9.40. The highest BCUT2D eigenvalue weighted by atomic mass is 32.2. The number of aryl methyl sites for hydroxylation is 2. The summed E-state index contributed by atoms with van der Waals surface area (Å²) in [7, 11) is -0.0434. The SMILES string of the molecule is C=S(C)(C)=O.CC(=O)NC1=NC=CC1.CC(=O)Nc1ccccc1.CCNC(C)=O.COc1nc(C)cs1.Cc1ccncc1. The zero-order valence-electron chi connectivity index (χ0n) is 27.7. The minimum atomic E-state index is -1.67. The predicted octanol–water partition coefficient (Wildman–Crippen LogP) is 5.04. The third-order valence-electron chi connectivity index (χ3n) is 4.11. The summed E-state index contributed by atoms with van der Waals surface area (Å²) in [6.07, 6.45) is 11.1. The van der Waals surface area contributed by atoms with Crippen molar-refractivity contribution in [3.8, 4) is 5.19 Å². The van der Waals surface area contributed by atoms with Crippen molar-refractivity contribution in [1.82, 2.24) is 20.6 Å². The third-order valence-corrected chi connectivity index (χ3v) is 5.03. The summed E-state index contributed by atoms with van der Waals surface area (Å²) >= 11 is 1.52. The van der Waals surface area contributed by atoms with Crippen molar-refractivity contribution in [3.63, 3.8) is 0 Å². The minimum Gasteiger partial charge on any atom is -0.473 e. The van der Waals surface area contributed by atoms with E-state index in [9.17, 15) is 18.6 Å². The molecule has 0 spiro atoms. The highest BCUT2D eigenvalue weighted by Crippen LogP contribution is 2.15. The van der Waals surface area contributed by atoms with Gasteiger partial charge in [-0.1, -0.05) is 35.6 Å². The molecule has 0 aliphatic carbocycles. The van der Waals surface area contributed by atoms with E-state index in [-0.39, 0.29) is 17.7 Å². The van der Waals surface area contributed by atoms with Crippen LogP contribution in [0.1, 0.15) is 45.4 Å². The molecule has 0 radical (unpaired) electrons. The van der Waals surface area contributed by atoms with Gasteiger partial charge in [0.05, 0.1) is 12.8 Å². The summed E-state index contributed by atoms with van der Waals surface area (Å²) < 4.78 is 14.9. The number of nitrogens with zero attached hydrogens (tertiary/aromatic N) is 3. The Kier molecular flexibility index (Phi) is 24.8. The molecule has 0 bridgehead atoms. The Morgan fingerprint density at radius 1 is 0.956 bits per heavy atom. The lowest BCUT2D eigenvalue weighted by atomic mass is 10.3. The van der Waals surface area contributed by atoms with Gasteiger partial charge in [-0.15, -0.1) is 0 Å². The van der Waals surface area contributed by atoms with E-state index in [4.69, 9.17) is 4.74 Å². The molecule has 0 saturated carbocycles. The number of aromatic nitrogens is 2. The highest BCUT2D eigenvalue weighted by molar-refractivity contribution is 7.98. The first-order valence-electron chi connectivity index (χ1n) is 13.7. The second kappa shape index (κ2) is 26.1. The van der Waals surface area contributed by atoms with Crippen LogP contribution in [0.5, 0.6) is 5.19 Å². The number of benzene rings is 1. The molecule has 248 valence electrons. The third kappa shape index (κ3) is 34.0. The van der Waals surface area contributed by atoms with Crippen molar-refractivity contribution in [2.45, 2.75) is 48.0 Å². The summed E-state index contributed by atoms with van der Waals surface area (Å²) in [6.45, 7) is 11.1. The van der Waals surface area contributed by atoms with Crippen molar-refractivity contribution in [3.05, 3.63) is 83.8 Å². The number of amides is 3. The van der Waals surface area contributed by atoms with Crippen LogP contribution in [-0.4, -0.2) is 69.8 Å². The van der Waals surface area contributed by atoms with E-state index in [1.807, 2.05) is 74.7 Å². The number of methoxy groups -OCH3 is 1. The van der Waals surface area contributed by atoms with Gasteiger partial charge in [-0.05, 0) is 66.0 Å². The fourth-order valence-corrected chi connectivity index (χ4v) is 3.09. The van der Waals surface area contributed by atoms with Gasteiger partial charge in [-0.2, -0.15) is 0 Å². The first kappa shape index (κ1) is 42.8. The molecule has 1 aromatic carbocycles. The Labute approximate surface area is 272 Å². The Morgan fingerprint density at radius 3 is 1.80 bits per heavy atom. The second-order valence-corrected chi connectivity index (χ2v) is 13.1. The van der Waals surface area contributed by atoms with Gasteiger partial charge in [0.25, 0.3) is 5.19 Å². The minimum absolute atomic E-state index is 0.0359. The van der Waals surface area contributed by atoms with Gasteiger partial charge in [0, 0.05) is 75.9 Å². The van der Waals surface area contributed by atoms with Gasteiger partial charge in [0.2, 0.25) is 17.7 Å². The lowest BCUT2D eigenvalue weighted by Crippen LogP contribution is -2.26. The summed E-state index contributed by atoms with van der Waals surface area (Å²) in [5.74, 6) is 3.98. The number of anilines is 1. The maximum atomic E-state index is 10.5. The van der Waals surface area contributed by atoms with Crippen LogP contribution in [0.3, 0.4) is 0 Å². The zero-order chi connectivity index (χ0) is 34.7. The smallest absolute Gasteiger partial charge is 0.273 e. The molecule has 3 amide bonds. The largest absolute Gasteiger partial charge is 0.473 e. The maximum Gasteiger partial charge on any atom is 0.273 e. The number of nitrogens with one attached hydrogen (secondary N) is 3. The van der Waals surface area contributed by atoms with Gasteiger partial charge in [0.1, 0.15) is 5.84 Å². The maximum absolute atomic E-state index is 10.5. The molecule has 0 unspecified atom stereocenters. The molecular formula is C32H48N6O5S2. The normalized spacial score (nSPS) is 10.4. The number of hydrogen-bond acceptors (Lipinski definition) is 9. The van der Waals surface area contributed by atoms with Crippen LogP contribution in [0.15, 0.2) is 77.5 Å². The van der Waals surface area contributed by atoms with E-state index in [0.29, 0.717) is 0 Å². The van der Waals surface area contributed by atoms with E-state index in [2.05, 4.69) is 36.8 Å². The van der Waals surface area contributed by atoms with Crippen molar-refractivity contribution >= 4 is 56.0 Å². The number of amidine groups is 1. The molecule has 2 aromatic heterocycles. The Bertz CT molecular complexity index is 1400. The average molecular weight is 661 g/mol. The van der Waals surface area contributed by atoms with Crippen LogP contribution in [-0.2, 0) is 23.9 Å². The highest BCUT2D eigenvalue weighted by Gasteiger charge is 2.00. The molecule has 3 heterocycles. The lowest BCUT2D eigenvalue weighted by molar-refractivity contribution is -0.119. The topological polar surface area (TPSA) is 152 Å². The van der Waals surface area contributed by atoms with Gasteiger partial charge in [-0.25, -0.2) is 9.98 Å². The predicted molar refractivity (Wildman–Crippen MR) is 190 cm³/mol. The Morgan fingerprint density at radius 2 is 1.51 bits per heavy atom. The first-order chi connectivity index (χ1) is 21.1. The quantitative estimate of drug-likeness (QED) is 0.333. The molecule has 1 aliphatic rings. The Hall–Kier alpha value is -4.36. The van der Waals surface area contributed by atoms with Gasteiger partial charge < -0.3 is 20.7 Å². The Balaban J connectivity index is 0. The number of rotatable bonds is 3. The average Bonchev–Trinajstić information content (AvgIpc) is 3.61. The van der Waals surface area contributed by atoms with Crippen molar-refractivity contribution in [2.75, 3.05) is 31.5 Å². The van der Waals surface area contributed by atoms with Crippen molar-refractivity contribution < 1.29 is 23.3 Å². The van der Waals surface area contributed by atoms with Crippen LogP contribution < -0.4 is 20.7 Å². The van der Waals surface area contributed by atoms with Gasteiger partial charge >= 0.3 is 0 Å². The summed E-state index contributed by atoms with van der Waals surface area (Å²) in [6, 6.07) is 13.3. The van der Waals surface area contributed by atoms with Crippen LogP contribution in [0.4, 0.5) is 5.69 Å². The van der Waals surface area contributed by atoms with Gasteiger partial charge in [-0.3, -0.25) is 23.6 Å². The molecule has 3 N–H and O–H groups in total. The van der Waals surface area contributed by atoms with Gasteiger partial charge in [0.15, 0.2) is 0 Å². The molecule has 3 aromatic rings. The number of pyridine rings is 1. The lowest BCUT2D eigenvalue weighted by Gasteiger charge is -1.98. The monoisotopic (exact) mass is 660 g/mol. The molecule has 11 nitrogen and oxygen atoms in total. The van der Waals surface area contributed by atoms with Crippen molar-refractivity contribution in [1.29, 1.82) is 0 Å². The van der Waals surface area contributed by atoms with Crippen LogP contribution in [0.25, 0.3) is 0 Å². The van der Waals surface area contributed by atoms with E-state index in [1.165, 1.54) is 37.7 Å². The number of aliphatic imine (C=N–C) groups is 1.